The van der Waals surface area contributed by atoms with Gasteiger partial charge in [0.15, 0.2) is 0 Å². The summed E-state index contributed by atoms with van der Waals surface area (Å²) in [5.74, 6) is 2.07. The van der Waals surface area contributed by atoms with Crippen LogP contribution in [0, 0.1) is 0 Å². The first-order valence-electron chi connectivity index (χ1n) is 28.9. The summed E-state index contributed by atoms with van der Waals surface area (Å²) >= 11 is 0. The van der Waals surface area contributed by atoms with Gasteiger partial charge in [-0.3, -0.25) is 0 Å². The maximum Gasteiger partial charge on any atom is 0.252 e. The molecule has 0 spiro atoms. The lowest BCUT2D eigenvalue weighted by atomic mass is 9.34. The average Bonchev–Trinajstić information content (AvgIpc) is 4.34. The third-order valence-electron chi connectivity index (χ3n) is 17.8. The summed E-state index contributed by atoms with van der Waals surface area (Å²) in [6.45, 7) is 27.8. The second-order valence-electron chi connectivity index (χ2n) is 24.7. The fraction of sp³-hybridized carbons (Fsp3) is 0.250. The van der Waals surface area contributed by atoms with E-state index in [2.05, 4.69) is 244 Å². The van der Waals surface area contributed by atoms with Crippen molar-refractivity contribution in [3.8, 4) is 55.9 Å². The fourth-order valence-electron chi connectivity index (χ4n) is 13.9. The Morgan fingerprint density at radius 3 is 1.15 bits per heavy atom. The Balaban J connectivity index is 1.10. The van der Waals surface area contributed by atoms with E-state index in [-0.39, 0.29) is 6.71 Å². The predicted molar refractivity (Wildman–Crippen MR) is 335 cm³/mol. The lowest BCUT2D eigenvalue weighted by molar-refractivity contribution is 0.807. The minimum Gasteiger partial charge on any atom is -0.214 e. The minimum atomic E-state index is -0.178. The molecule has 0 saturated heterocycles. The smallest absolute Gasteiger partial charge is 0.214 e. The van der Waals surface area contributed by atoms with Gasteiger partial charge in [0.1, 0.15) is 11.0 Å². The topological polar surface area (TPSA) is 61.4 Å². The number of rotatable bonds is 10. The Kier molecular flexibility index (Phi) is 11.3. The van der Waals surface area contributed by atoms with Crippen LogP contribution in [0.1, 0.15) is 152 Å². The predicted octanol–water partition coefficient (Wildman–Crippen LogP) is 17.2. The van der Waals surface area contributed by atoms with E-state index in [1.54, 1.807) is 0 Å². The van der Waals surface area contributed by atoms with Crippen LogP contribution in [0.3, 0.4) is 0 Å². The molecular formula is C72H67BN6. The molecule has 388 valence electrons. The van der Waals surface area contributed by atoms with Crippen LogP contribution in [-0.4, -0.2) is 36.7 Å². The number of hydrogen-bond acceptors (Lipinski definition) is 4. The average molecular weight is 1030 g/mol. The van der Waals surface area contributed by atoms with Crippen LogP contribution in [-0.2, 0) is 0 Å². The quantitative estimate of drug-likeness (QED) is 0.101. The minimum absolute atomic E-state index is 0.178. The maximum atomic E-state index is 5.19. The Morgan fingerprint density at radius 2 is 0.734 bits per heavy atom. The third-order valence-corrected chi connectivity index (χ3v) is 17.8. The van der Waals surface area contributed by atoms with Gasteiger partial charge in [0, 0.05) is 0 Å². The van der Waals surface area contributed by atoms with E-state index in [0.717, 1.165) is 39.0 Å². The summed E-state index contributed by atoms with van der Waals surface area (Å²) in [6, 6.07) is 57.8. The van der Waals surface area contributed by atoms with Crippen LogP contribution < -0.4 is 16.4 Å². The molecule has 2 aromatic heterocycles. The van der Waals surface area contributed by atoms with Gasteiger partial charge < -0.3 is 0 Å². The molecule has 0 aliphatic carbocycles. The molecule has 79 heavy (non-hydrogen) atoms. The third kappa shape index (κ3) is 7.37. The molecule has 0 unspecified atom stereocenters. The zero-order valence-electron chi connectivity index (χ0n) is 47.7. The van der Waals surface area contributed by atoms with E-state index in [0.29, 0.717) is 35.5 Å². The van der Waals surface area contributed by atoms with Crippen molar-refractivity contribution in [2.24, 2.45) is 0 Å². The van der Waals surface area contributed by atoms with Crippen LogP contribution >= 0.6 is 0 Å². The molecule has 0 bridgehead atoms. The van der Waals surface area contributed by atoms with Crippen molar-refractivity contribution in [1.29, 1.82) is 0 Å². The van der Waals surface area contributed by atoms with Crippen LogP contribution in [0.25, 0.3) is 110 Å². The van der Waals surface area contributed by atoms with Gasteiger partial charge in [-0.1, -0.05) is 221 Å². The highest BCUT2D eigenvalue weighted by atomic mass is 15.4. The highest BCUT2D eigenvalue weighted by Gasteiger charge is 2.42. The van der Waals surface area contributed by atoms with E-state index in [4.69, 9.17) is 20.6 Å². The second-order valence-corrected chi connectivity index (χ2v) is 24.7. The summed E-state index contributed by atoms with van der Waals surface area (Å²) in [5, 5.41) is 28.0. The molecule has 0 amide bonds. The van der Waals surface area contributed by atoms with Crippen LogP contribution in [0.15, 0.2) is 152 Å². The van der Waals surface area contributed by atoms with Crippen molar-refractivity contribution in [3.63, 3.8) is 0 Å². The summed E-state index contributed by atoms with van der Waals surface area (Å²) < 4.78 is 4.30. The normalized spacial score (nSPS) is 13.0. The highest BCUT2D eigenvalue weighted by molar-refractivity contribution is 7.00. The maximum absolute atomic E-state index is 5.19. The molecule has 0 fully saturated rings. The van der Waals surface area contributed by atoms with Gasteiger partial charge in [0.05, 0.1) is 22.4 Å². The molecule has 0 radical (unpaired) electrons. The summed E-state index contributed by atoms with van der Waals surface area (Å²) in [4.78, 5) is 0. The standard InChI is InChI=1S/C72H67BN6/c1-38(2)45-28-56(40(5)6)67(57(29-45)41(7)8)47-32-60-71-62(34-47)74-76-78(71)64-36-49(66-52-23-15-17-25-54(52)69(55-26-18-16-24-53(55)66)51-27-19-21-44-20-13-14-22-50(44)51)37-65-70(64)73(60)61-33-48(35-63-72(61)79(65)77-75-63)68-58(42(9)10)30-46(39(3)4)31-59(68)43(11)12/h13-43H,1-12H3. The van der Waals surface area contributed by atoms with E-state index >= 15 is 0 Å². The molecule has 2 aliphatic heterocycles. The molecule has 4 heterocycles. The first-order chi connectivity index (χ1) is 38.2. The lowest BCUT2D eigenvalue weighted by Gasteiger charge is -2.33. The van der Waals surface area contributed by atoms with Gasteiger partial charge in [-0.2, -0.15) is 0 Å². The number of aromatic nitrogens is 6. The lowest BCUT2D eigenvalue weighted by Crippen LogP contribution is -2.59. The Hall–Kier alpha value is -8.16. The number of fused-ring (bicyclic) bond motifs is 7. The SMILES string of the molecule is CC(C)c1cc(C(C)C)c(-c2cc3c4c(c2)nnn4-c2cc(-c4c5ccccc5c(-c5cccc6ccccc56)c5ccccc45)cc4c2B3c2cc(-c3c(C(C)C)cc(C(C)C)cc3C(C)C)cc3nnn-4c23)c(C(C)C)c1. The molecule has 0 N–H and O–H groups in total. The molecule has 14 rings (SSSR count). The summed E-state index contributed by atoms with van der Waals surface area (Å²) in [6.07, 6.45) is 0. The number of nitrogens with zero attached hydrogens (tertiary/aromatic N) is 6. The first-order valence-corrected chi connectivity index (χ1v) is 28.9. The fourth-order valence-corrected chi connectivity index (χ4v) is 13.9. The number of benzene rings is 10. The van der Waals surface area contributed by atoms with Crippen LogP contribution in [0.4, 0.5) is 0 Å². The molecule has 0 atom stereocenters. The zero-order valence-corrected chi connectivity index (χ0v) is 47.7. The molecule has 2 aliphatic rings. The Labute approximate surface area is 464 Å². The molecule has 7 heteroatoms. The Bertz CT molecular complexity index is 4220. The van der Waals surface area contributed by atoms with Crippen molar-refractivity contribution in [2.75, 3.05) is 0 Å². The van der Waals surface area contributed by atoms with Crippen molar-refractivity contribution >= 4 is 77.5 Å². The van der Waals surface area contributed by atoms with Gasteiger partial charge in [-0.25, -0.2) is 9.36 Å². The molecule has 6 nitrogen and oxygen atoms in total. The highest BCUT2D eigenvalue weighted by Crippen LogP contribution is 2.48. The summed E-state index contributed by atoms with van der Waals surface area (Å²) in [7, 11) is 0. The van der Waals surface area contributed by atoms with Gasteiger partial charge >= 0.3 is 0 Å². The largest absolute Gasteiger partial charge is 0.252 e. The second kappa shape index (κ2) is 18.2. The van der Waals surface area contributed by atoms with E-state index in [9.17, 15) is 0 Å². The molecular weight excluding hydrogens is 960 g/mol. The molecule has 12 aromatic rings. The molecule has 0 saturated carbocycles. The van der Waals surface area contributed by atoms with Gasteiger partial charge in [0.2, 0.25) is 0 Å². The molecule has 10 aromatic carbocycles. The van der Waals surface area contributed by atoms with E-state index in [1.165, 1.54) is 121 Å². The first kappa shape index (κ1) is 49.2. The number of hydrogen-bond donors (Lipinski definition) is 0. The zero-order chi connectivity index (χ0) is 54.4. The monoisotopic (exact) mass is 1030 g/mol. The van der Waals surface area contributed by atoms with Gasteiger partial charge in [-0.15, -0.1) is 10.2 Å². The van der Waals surface area contributed by atoms with Crippen molar-refractivity contribution in [2.45, 2.75) is 119 Å². The van der Waals surface area contributed by atoms with E-state index < -0.39 is 0 Å². The van der Waals surface area contributed by atoms with Gasteiger partial charge in [0.25, 0.3) is 6.71 Å². The van der Waals surface area contributed by atoms with Gasteiger partial charge in [-0.05, 0) is 186 Å². The van der Waals surface area contributed by atoms with Crippen molar-refractivity contribution in [1.82, 2.24) is 30.0 Å². The summed E-state index contributed by atoms with van der Waals surface area (Å²) in [5.41, 5.74) is 27.6. The van der Waals surface area contributed by atoms with Crippen molar-refractivity contribution in [3.05, 3.63) is 185 Å². The van der Waals surface area contributed by atoms with Crippen LogP contribution in [0.5, 0.6) is 0 Å². The van der Waals surface area contributed by atoms with Crippen molar-refractivity contribution < 1.29 is 0 Å². The Morgan fingerprint density at radius 1 is 0.354 bits per heavy atom. The van der Waals surface area contributed by atoms with E-state index in [1.807, 2.05) is 0 Å². The van der Waals surface area contributed by atoms with Crippen LogP contribution in [0.2, 0.25) is 0 Å².